The van der Waals surface area contributed by atoms with Crippen molar-refractivity contribution in [2.75, 3.05) is 0 Å². The maximum absolute atomic E-state index is 12.2. The third kappa shape index (κ3) is 23.6. The van der Waals surface area contributed by atoms with Crippen molar-refractivity contribution in [3.63, 3.8) is 0 Å². The average Bonchev–Trinajstić information content (AvgIpc) is 3.26. The first-order valence-corrected chi connectivity index (χ1v) is 28.8. The topological polar surface area (TPSA) is 114 Å². The molecule has 0 fully saturated rings. The molecule has 360 valence electrons. The maximum Gasteiger partial charge on any atom is 2.00 e. The number of hydrogen-bond acceptors (Lipinski definition) is 6. The summed E-state index contributed by atoms with van der Waals surface area (Å²) in [7, 11) is -9.04. The quantitative estimate of drug-likeness (QED) is 0.0262. The van der Waals surface area contributed by atoms with Gasteiger partial charge in [0, 0.05) is 0 Å². The van der Waals surface area contributed by atoms with Crippen LogP contribution in [0.25, 0.3) is 21.5 Å². The van der Waals surface area contributed by atoms with E-state index in [9.17, 15) is 25.9 Å². The second-order valence-electron chi connectivity index (χ2n) is 18.6. The van der Waals surface area contributed by atoms with Crippen molar-refractivity contribution in [3.05, 3.63) is 82.9 Å². The van der Waals surface area contributed by atoms with Crippen LogP contribution in [0.3, 0.4) is 0 Å². The van der Waals surface area contributed by atoms with Gasteiger partial charge in [-0.05, 0) is 107 Å². The van der Waals surface area contributed by atoms with E-state index in [0.717, 1.165) is 73.3 Å². The molecule has 0 bridgehead atoms. The number of benzene rings is 4. The summed E-state index contributed by atoms with van der Waals surface area (Å²) < 4.78 is 73.3. The Balaban J connectivity index is 0.000000440. The molecule has 4 aromatic carbocycles. The molecule has 0 atom stereocenters. The van der Waals surface area contributed by atoms with Crippen molar-refractivity contribution in [1.82, 2.24) is 0 Å². The molecule has 0 saturated carbocycles. The minimum Gasteiger partial charge on any atom is -0.744 e. The third-order valence-corrected chi connectivity index (χ3v) is 14.9. The summed E-state index contributed by atoms with van der Waals surface area (Å²) in [6.45, 7) is 8.89. The summed E-state index contributed by atoms with van der Waals surface area (Å²) in [5, 5.41) is 2.90. The Morgan fingerprint density at radius 1 is 0.338 bits per heavy atom. The maximum atomic E-state index is 12.2. The fourth-order valence-electron chi connectivity index (χ4n) is 9.18. The van der Waals surface area contributed by atoms with Crippen LogP contribution in [0.2, 0.25) is 0 Å². The molecule has 0 aliphatic rings. The van der Waals surface area contributed by atoms with Crippen molar-refractivity contribution in [2.45, 2.75) is 243 Å². The second kappa shape index (κ2) is 34.7. The van der Waals surface area contributed by atoms with Crippen LogP contribution in [0.5, 0.6) is 0 Å². The average molecular weight is 960 g/mol. The van der Waals surface area contributed by atoms with E-state index in [4.69, 9.17) is 0 Å². The van der Waals surface area contributed by atoms with E-state index in [1.165, 1.54) is 141 Å². The van der Waals surface area contributed by atoms with Gasteiger partial charge in [0.25, 0.3) is 0 Å². The normalized spacial score (nSPS) is 11.8. The van der Waals surface area contributed by atoms with E-state index in [-0.39, 0.29) is 47.5 Å². The van der Waals surface area contributed by atoms with Crippen molar-refractivity contribution in [1.29, 1.82) is 0 Å². The van der Waals surface area contributed by atoms with Crippen LogP contribution >= 0.6 is 0 Å². The molecule has 0 radical (unpaired) electrons. The molecule has 4 aromatic rings. The standard InChI is InChI=1S/2C28H44O3S.Ca/c2*1-3-5-7-9-11-13-15-17-24-19-20-25-21-22-26(18-16-14-12-10-8-6-4-2)28(27(25)23-24)32(29,30)31;/h2*19-23H,3-18H2,1-2H3,(H,29,30,31);/q;;+2/p-2. The van der Waals surface area contributed by atoms with Gasteiger partial charge in [-0.3, -0.25) is 0 Å². The molecule has 6 nitrogen and oxygen atoms in total. The number of hydrogen-bond donors (Lipinski definition) is 0. The fourth-order valence-corrected chi connectivity index (χ4v) is 11.1. The van der Waals surface area contributed by atoms with Crippen LogP contribution in [-0.2, 0) is 45.9 Å². The van der Waals surface area contributed by atoms with Crippen molar-refractivity contribution in [2.24, 2.45) is 0 Å². The van der Waals surface area contributed by atoms with E-state index >= 15 is 0 Å². The summed E-state index contributed by atoms with van der Waals surface area (Å²) >= 11 is 0. The number of fused-ring (bicyclic) bond motifs is 2. The summed E-state index contributed by atoms with van der Waals surface area (Å²) in [5.74, 6) is 0. The molecule has 0 heterocycles. The Labute approximate surface area is 427 Å². The molecule has 0 N–H and O–H groups in total. The van der Waals surface area contributed by atoms with Gasteiger partial charge in [-0.1, -0.05) is 230 Å². The van der Waals surface area contributed by atoms with Gasteiger partial charge in [0.2, 0.25) is 0 Å². The van der Waals surface area contributed by atoms with Crippen LogP contribution in [0.4, 0.5) is 0 Å². The predicted molar refractivity (Wildman–Crippen MR) is 276 cm³/mol. The van der Waals surface area contributed by atoms with Crippen LogP contribution in [0, 0.1) is 0 Å². The Hall–Kier alpha value is -1.52. The molecule has 0 spiro atoms. The molecule has 0 unspecified atom stereocenters. The monoisotopic (exact) mass is 959 g/mol. The second-order valence-corrected chi connectivity index (χ2v) is 21.2. The van der Waals surface area contributed by atoms with E-state index < -0.39 is 20.2 Å². The number of aryl methyl sites for hydroxylation is 4. The SMILES string of the molecule is CCCCCCCCCc1ccc2ccc(CCCCCCCCC)c(S(=O)(=O)[O-])c2c1.CCCCCCCCCc1ccc2ccc(CCCCCCCCC)c(S(=O)(=O)[O-])c2c1.[Ca+2]. The van der Waals surface area contributed by atoms with Gasteiger partial charge >= 0.3 is 37.7 Å². The Morgan fingerprint density at radius 2 is 0.585 bits per heavy atom. The summed E-state index contributed by atoms with van der Waals surface area (Å²) in [6, 6.07) is 19.6. The molecule has 0 aromatic heterocycles. The molecule has 4 rings (SSSR count). The van der Waals surface area contributed by atoms with Crippen LogP contribution < -0.4 is 0 Å². The zero-order valence-electron chi connectivity index (χ0n) is 41.4. The first-order valence-electron chi connectivity index (χ1n) is 25.9. The van der Waals surface area contributed by atoms with Crippen LogP contribution in [-0.4, -0.2) is 63.7 Å². The minimum absolute atomic E-state index is 0. The van der Waals surface area contributed by atoms with Gasteiger partial charge in [-0.2, -0.15) is 0 Å². The largest absolute Gasteiger partial charge is 2.00 e. The van der Waals surface area contributed by atoms with Gasteiger partial charge in [0.15, 0.2) is 0 Å². The smallest absolute Gasteiger partial charge is 0.744 e. The van der Waals surface area contributed by atoms with Crippen molar-refractivity contribution < 1.29 is 25.9 Å². The Morgan fingerprint density at radius 3 is 0.862 bits per heavy atom. The predicted octanol–water partition coefficient (Wildman–Crippen LogP) is 16.3. The molecule has 65 heavy (non-hydrogen) atoms. The minimum atomic E-state index is -4.52. The van der Waals surface area contributed by atoms with Gasteiger partial charge in [0.1, 0.15) is 20.2 Å². The van der Waals surface area contributed by atoms with Crippen LogP contribution in [0.15, 0.2) is 70.5 Å². The van der Waals surface area contributed by atoms with Gasteiger partial charge in [0.05, 0.1) is 9.79 Å². The van der Waals surface area contributed by atoms with Gasteiger partial charge in [-0.25, -0.2) is 16.8 Å². The molecule has 9 heteroatoms. The molecular weight excluding hydrogens is 873 g/mol. The number of unbranched alkanes of at least 4 members (excludes halogenated alkanes) is 24. The van der Waals surface area contributed by atoms with Gasteiger partial charge < -0.3 is 9.11 Å². The van der Waals surface area contributed by atoms with Crippen molar-refractivity contribution >= 4 is 79.5 Å². The third-order valence-electron chi connectivity index (χ3n) is 13.0. The molecule has 0 amide bonds. The number of rotatable bonds is 34. The first kappa shape index (κ1) is 59.6. The van der Waals surface area contributed by atoms with E-state index in [2.05, 4.69) is 39.8 Å². The van der Waals surface area contributed by atoms with Gasteiger partial charge in [-0.15, -0.1) is 0 Å². The summed E-state index contributed by atoms with van der Waals surface area (Å²) in [6.07, 6.45) is 37.1. The zero-order chi connectivity index (χ0) is 46.5. The molecule has 0 aliphatic carbocycles. The van der Waals surface area contributed by atoms with E-state index in [1.54, 1.807) is 0 Å². The molecular formula is C56H86CaO6S2. The van der Waals surface area contributed by atoms with E-state index in [1.807, 2.05) is 48.5 Å². The Kier molecular flexibility index (Phi) is 31.8. The Bertz CT molecular complexity index is 1950. The summed E-state index contributed by atoms with van der Waals surface area (Å²) in [5.41, 5.74) is 3.64. The fraction of sp³-hybridized carbons (Fsp3) is 0.643. The van der Waals surface area contributed by atoms with E-state index in [0.29, 0.717) is 34.7 Å². The first-order chi connectivity index (χ1) is 30.9. The molecule has 0 saturated heterocycles. The zero-order valence-corrected chi connectivity index (χ0v) is 45.2. The van der Waals surface area contributed by atoms with Crippen molar-refractivity contribution in [3.8, 4) is 0 Å². The molecule has 0 aliphatic heterocycles. The summed E-state index contributed by atoms with van der Waals surface area (Å²) in [4.78, 5) is 0.0322. The van der Waals surface area contributed by atoms with Crippen LogP contribution in [0.1, 0.15) is 230 Å².